The third kappa shape index (κ3) is 3.85. The van der Waals surface area contributed by atoms with Gasteiger partial charge < -0.3 is 5.32 Å². The molecule has 1 N–H and O–H groups in total. The van der Waals surface area contributed by atoms with E-state index in [1.54, 1.807) is 0 Å². The molecular formula is C16H23Cl2NS. The molecule has 0 aliphatic heterocycles. The normalized spacial score (nSPS) is 25.1. The average molecular weight is 332 g/mol. The monoisotopic (exact) mass is 331 g/mol. The first kappa shape index (κ1) is 16.5. The number of hydrogen-bond acceptors (Lipinski definition) is 2. The lowest BCUT2D eigenvalue weighted by atomic mass is 9.87. The topological polar surface area (TPSA) is 12.0 Å². The Balaban J connectivity index is 2.13. The van der Waals surface area contributed by atoms with Crippen molar-refractivity contribution >= 4 is 35.0 Å². The van der Waals surface area contributed by atoms with Gasteiger partial charge in [-0.2, -0.15) is 0 Å². The van der Waals surface area contributed by atoms with Crippen molar-refractivity contribution in [2.45, 2.75) is 56.2 Å². The Labute approximate surface area is 136 Å². The maximum absolute atomic E-state index is 6.30. The van der Waals surface area contributed by atoms with E-state index in [1.807, 2.05) is 30.0 Å². The van der Waals surface area contributed by atoms with Crippen LogP contribution in [0.15, 0.2) is 23.1 Å². The van der Waals surface area contributed by atoms with Crippen LogP contribution < -0.4 is 5.32 Å². The highest BCUT2D eigenvalue weighted by Gasteiger charge is 2.42. The molecule has 0 heterocycles. The molecule has 112 valence electrons. The van der Waals surface area contributed by atoms with Gasteiger partial charge in [0.25, 0.3) is 0 Å². The first-order chi connectivity index (χ1) is 9.44. The summed E-state index contributed by atoms with van der Waals surface area (Å²) in [6.45, 7) is 8.01. The van der Waals surface area contributed by atoms with Crippen molar-refractivity contribution in [2.24, 2.45) is 5.41 Å². The number of benzene rings is 1. The average Bonchev–Trinajstić information content (AvgIpc) is 2.67. The van der Waals surface area contributed by atoms with E-state index < -0.39 is 0 Å². The molecule has 1 aromatic rings. The van der Waals surface area contributed by atoms with Crippen LogP contribution in [-0.4, -0.2) is 17.8 Å². The molecule has 0 amide bonds. The Bertz CT molecular complexity index is 462. The van der Waals surface area contributed by atoms with E-state index in [2.05, 4.69) is 26.1 Å². The number of rotatable bonds is 5. The molecule has 0 bridgehead atoms. The van der Waals surface area contributed by atoms with Gasteiger partial charge in [0.2, 0.25) is 0 Å². The minimum absolute atomic E-state index is 0.345. The standard InChI is InChI=1S/C16H23Cl2NS/c1-4-9-19-15-13(7-8-16(15,2)3)20-14-10-11(17)5-6-12(14)18/h5-6,10,13,15,19H,4,7-9H2,1-3H3. The zero-order valence-electron chi connectivity index (χ0n) is 12.4. The van der Waals surface area contributed by atoms with Crippen molar-refractivity contribution in [3.63, 3.8) is 0 Å². The molecule has 4 heteroatoms. The first-order valence-electron chi connectivity index (χ1n) is 7.29. The van der Waals surface area contributed by atoms with Gasteiger partial charge in [-0.05, 0) is 49.4 Å². The summed E-state index contributed by atoms with van der Waals surface area (Å²) in [5.74, 6) is 0. The van der Waals surface area contributed by atoms with E-state index in [4.69, 9.17) is 23.2 Å². The second kappa shape index (κ2) is 6.91. The lowest BCUT2D eigenvalue weighted by molar-refractivity contribution is 0.287. The maximum Gasteiger partial charge on any atom is 0.0543 e. The van der Waals surface area contributed by atoms with E-state index in [0.29, 0.717) is 16.7 Å². The zero-order chi connectivity index (χ0) is 14.8. The van der Waals surface area contributed by atoms with Crippen LogP contribution in [0.1, 0.15) is 40.0 Å². The number of nitrogens with one attached hydrogen (secondary N) is 1. The van der Waals surface area contributed by atoms with Gasteiger partial charge in [-0.15, -0.1) is 11.8 Å². The molecule has 2 rings (SSSR count). The molecule has 0 aromatic heterocycles. The third-order valence-corrected chi connectivity index (χ3v) is 6.15. The van der Waals surface area contributed by atoms with Crippen LogP contribution in [0.3, 0.4) is 0 Å². The highest BCUT2D eigenvalue weighted by Crippen LogP contribution is 2.46. The molecule has 2 unspecified atom stereocenters. The lowest BCUT2D eigenvalue weighted by Crippen LogP contribution is -2.43. The minimum Gasteiger partial charge on any atom is -0.312 e. The van der Waals surface area contributed by atoms with Gasteiger partial charge in [0.15, 0.2) is 0 Å². The molecule has 1 aliphatic rings. The third-order valence-electron chi connectivity index (χ3n) is 4.07. The Morgan fingerprint density at radius 2 is 2.10 bits per heavy atom. The van der Waals surface area contributed by atoms with Crippen molar-refractivity contribution in [1.82, 2.24) is 5.32 Å². The summed E-state index contributed by atoms with van der Waals surface area (Å²) in [5.41, 5.74) is 0.345. The van der Waals surface area contributed by atoms with Crippen LogP contribution in [0, 0.1) is 5.41 Å². The van der Waals surface area contributed by atoms with E-state index in [9.17, 15) is 0 Å². The van der Waals surface area contributed by atoms with E-state index in [-0.39, 0.29) is 0 Å². The summed E-state index contributed by atoms with van der Waals surface area (Å²) in [7, 11) is 0. The zero-order valence-corrected chi connectivity index (χ0v) is 14.7. The largest absolute Gasteiger partial charge is 0.312 e. The fourth-order valence-corrected chi connectivity index (χ4v) is 4.93. The Hall–Kier alpha value is 0.110. The van der Waals surface area contributed by atoms with Crippen molar-refractivity contribution in [3.8, 4) is 0 Å². The Morgan fingerprint density at radius 3 is 2.80 bits per heavy atom. The predicted octanol–water partition coefficient (Wildman–Crippen LogP) is 5.64. The number of halogens is 2. The summed E-state index contributed by atoms with van der Waals surface area (Å²) >= 11 is 14.3. The summed E-state index contributed by atoms with van der Waals surface area (Å²) in [6, 6.07) is 6.25. The second-order valence-electron chi connectivity index (χ2n) is 6.19. The molecule has 20 heavy (non-hydrogen) atoms. The molecule has 2 atom stereocenters. The van der Waals surface area contributed by atoms with Crippen LogP contribution >= 0.6 is 35.0 Å². The van der Waals surface area contributed by atoms with Gasteiger partial charge in [-0.3, -0.25) is 0 Å². The summed E-state index contributed by atoms with van der Waals surface area (Å²) in [5, 5.41) is 5.85. The minimum atomic E-state index is 0.345. The lowest BCUT2D eigenvalue weighted by Gasteiger charge is -2.31. The van der Waals surface area contributed by atoms with Crippen molar-refractivity contribution in [1.29, 1.82) is 0 Å². The number of thioether (sulfide) groups is 1. The van der Waals surface area contributed by atoms with Crippen molar-refractivity contribution in [3.05, 3.63) is 28.2 Å². The summed E-state index contributed by atoms with van der Waals surface area (Å²) in [6.07, 6.45) is 3.65. The maximum atomic E-state index is 6.30. The van der Waals surface area contributed by atoms with Gasteiger partial charge in [0, 0.05) is 21.2 Å². The molecule has 0 saturated heterocycles. The van der Waals surface area contributed by atoms with Crippen molar-refractivity contribution in [2.75, 3.05) is 6.54 Å². The highest BCUT2D eigenvalue weighted by atomic mass is 35.5. The summed E-state index contributed by atoms with van der Waals surface area (Å²) < 4.78 is 0. The van der Waals surface area contributed by atoms with Crippen LogP contribution in [0.25, 0.3) is 0 Å². The fraction of sp³-hybridized carbons (Fsp3) is 0.625. The molecular weight excluding hydrogens is 309 g/mol. The first-order valence-corrected chi connectivity index (χ1v) is 8.92. The van der Waals surface area contributed by atoms with E-state index in [1.165, 1.54) is 19.3 Å². The van der Waals surface area contributed by atoms with E-state index in [0.717, 1.165) is 21.5 Å². The van der Waals surface area contributed by atoms with Crippen LogP contribution in [-0.2, 0) is 0 Å². The van der Waals surface area contributed by atoms with Gasteiger partial charge in [0.05, 0.1) is 5.02 Å². The fourth-order valence-electron chi connectivity index (χ4n) is 2.90. The van der Waals surface area contributed by atoms with Crippen LogP contribution in [0.5, 0.6) is 0 Å². The molecule has 1 aliphatic carbocycles. The smallest absolute Gasteiger partial charge is 0.0543 e. The predicted molar refractivity (Wildman–Crippen MR) is 91.2 cm³/mol. The van der Waals surface area contributed by atoms with Crippen LogP contribution in [0.4, 0.5) is 0 Å². The molecule has 0 spiro atoms. The quantitative estimate of drug-likeness (QED) is 0.748. The second-order valence-corrected chi connectivity index (χ2v) is 8.31. The number of hydrogen-bond donors (Lipinski definition) is 1. The molecule has 0 radical (unpaired) electrons. The Morgan fingerprint density at radius 1 is 1.35 bits per heavy atom. The van der Waals surface area contributed by atoms with E-state index >= 15 is 0 Å². The SMILES string of the molecule is CCCNC1C(Sc2cc(Cl)ccc2Cl)CCC1(C)C. The van der Waals surface area contributed by atoms with Gasteiger partial charge in [-0.1, -0.05) is 44.0 Å². The highest BCUT2D eigenvalue weighted by molar-refractivity contribution is 8.00. The van der Waals surface area contributed by atoms with Crippen molar-refractivity contribution < 1.29 is 0 Å². The summed E-state index contributed by atoms with van der Waals surface area (Å²) in [4.78, 5) is 1.10. The molecule has 1 nitrogen and oxygen atoms in total. The Kier molecular flexibility index (Phi) is 5.70. The molecule has 1 fully saturated rings. The molecule has 1 aromatic carbocycles. The van der Waals surface area contributed by atoms with Gasteiger partial charge in [0.1, 0.15) is 0 Å². The van der Waals surface area contributed by atoms with Gasteiger partial charge >= 0.3 is 0 Å². The molecule has 1 saturated carbocycles. The van der Waals surface area contributed by atoms with Gasteiger partial charge in [-0.25, -0.2) is 0 Å². The van der Waals surface area contributed by atoms with Crippen LogP contribution in [0.2, 0.25) is 10.0 Å².